The van der Waals surface area contributed by atoms with Gasteiger partial charge in [-0.25, -0.2) is 8.42 Å². The van der Waals surface area contributed by atoms with Gasteiger partial charge in [0.25, 0.3) is 0 Å². The number of piperidine rings is 1. The molecule has 1 fully saturated rings. The number of phenols is 1. The quantitative estimate of drug-likeness (QED) is 0.174. The summed E-state index contributed by atoms with van der Waals surface area (Å²) in [6.45, 7) is 3.89. The number of aromatic hydroxyl groups is 1. The van der Waals surface area contributed by atoms with Crippen molar-refractivity contribution in [2.75, 3.05) is 32.5 Å². The molecule has 0 amide bonds. The van der Waals surface area contributed by atoms with E-state index in [4.69, 9.17) is 19.7 Å². The van der Waals surface area contributed by atoms with Crippen LogP contribution in [0.15, 0.2) is 83.8 Å². The van der Waals surface area contributed by atoms with Crippen molar-refractivity contribution < 1.29 is 42.8 Å². The van der Waals surface area contributed by atoms with E-state index < -0.39 is 21.8 Å². The minimum atomic E-state index is -3.29. The van der Waals surface area contributed by atoms with Crippen LogP contribution in [-0.2, 0) is 19.4 Å². The first-order valence-electron chi connectivity index (χ1n) is 14.6. The number of hydrogen-bond acceptors (Lipinski definition) is 8. The van der Waals surface area contributed by atoms with Crippen molar-refractivity contribution in [2.45, 2.75) is 37.0 Å². The second kappa shape index (κ2) is 15.4. The lowest BCUT2D eigenvalue weighted by Crippen LogP contribution is -2.33. The van der Waals surface area contributed by atoms with Gasteiger partial charge in [0.15, 0.2) is 9.84 Å². The first-order chi connectivity index (χ1) is 21.5. The van der Waals surface area contributed by atoms with Crippen molar-refractivity contribution in [1.29, 1.82) is 0 Å². The molecule has 3 N–H and O–H groups in total. The Balaban J connectivity index is 0.000000510. The molecule has 1 aliphatic rings. The topological polar surface area (TPSA) is 151 Å². The number of nitrogens with zero attached hydrogens (tertiary/aromatic N) is 1. The largest absolute Gasteiger partial charge is 0.508 e. The first-order valence-corrected chi connectivity index (χ1v) is 16.5. The van der Waals surface area contributed by atoms with E-state index in [9.17, 15) is 23.1 Å². The Labute approximate surface area is 262 Å². The van der Waals surface area contributed by atoms with Gasteiger partial charge in [-0.15, -0.1) is 0 Å². The molecule has 0 bridgehead atoms. The summed E-state index contributed by atoms with van der Waals surface area (Å²) in [5.41, 5.74) is 1.65. The fraction of sp³-hybridized carbons (Fsp3) is 0.294. The van der Waals surface area contributed by atoms with Gasteiger partial charge in [-0.2, -0.15) is 0 Å². The fourth-order valence-electron chi connectivity index (χ4n) is 4.92. The molecule has 4 aromatic rings. The van der Waals surface area contributed by atoms with Gasteiger partial charge >= 0.3 is 11.9 Å². The lowest BCUT2D eigenvalue weighted by molar-refractivity contribution is -0.143. The van der Waals surface area contributed by atoms with E-state index in [1.807, 2.05) is 42.5 Å². The van der Waals surface area contributed by atoms with E-state index in [1.165, 1.54) is 25.5 Å². The average Bonchev–Trinajstić information content (AvgIpc) is 3.01. The number of carboxylic acids is 2. The summed E-state index contributed by atoms with van der Waals surface area (Å²) in [6.07, 6.45) is 4.46. The second-order valence-electron chi connectivity index (χ2n) is 10.8. The monoisotopic (exact) mass is 635 g/mol. The van der Waals surface area contributed by atoms with E-state index in [1.54, 1.807) is 36.4 Å². The maximum atomic E-state index is 11.9. The maximum absolute atomic E-state index is 11.9. The summed E-state index contributed by atoms with van der Waals surface area (Å²) in [4.78, 5) is 22.0. The molecule has 0 unspecified atom stereocenters. The highest BCUT2D eigenvalue weighted by Gasteiger charge is 2.15. The molecule has 0 spiro atoms. The molecule has 4 aromatic carbocycles. The molecule has 0 aliphatic carbocycles. The Morgan fingerprint density at radius 1 is 0.800 bits per heavy atom. The van der Waals surface area contributed by atoms with Crippen LogP contribution in [0.1, 0.15) is 32.1 Å². The molecule has 10 nitrogen and oxygen atoms in total. The number of benzene rings is 4. The summed E-state index contributed by atoms with van der Waals surface area (Å²) >= 11 is 0. The highest BCUT2D eigenvalue weighted by atomic mass is 32.2. The van der Waals surface area contributed by atoms with Crippen molar-refractivity contribution in [1.82, 2.24) is 4.90 Å². The normalized spacial score (nSPS) is 13.4. The number of ether oxygens (including phenoxy) is 2. The van der Waals surface area contributed by atoms with Gasteiger partial charge in [0.05, 0.1) is 17.7 Å². The summed E-state index contributed by atoms with van der Waals surface area (Å²) in [5, 5.41) is 27.4. The number of carboxylic acid groups (broad SMARTS) is 2. The zero-order valence-electron chi connectivity index (χ0n) is 25.0. The standard InChI is InChI=1S/C30H31NO5S.C4H6O4/c1-37(33,34)27-13-5-22(6-14-27)28-15-7-23-21-24(32)8-16-29(23)30(28)36-26-11-9-25(10-12-26)35-20-19-31-17-3-2-4-18-31;5-3(6)1-2-4(7)8/h5-16,21,32H,2-4,17-20H2,1H3;1-2H2,(H,5,6)(H,7,8). The van der Waals surface area contributed by atoms with E-state index in [2.05, 4.69) is 4.90 Å². The van der Waals surface area contributed by atoms with Crippen LogP contribution in [0.3, 0.4) is 0 Å². The SMILES string of the molecule is CS(=O)(=O)c1ccc(-c2ccc3cc(O)ccc3c2Oc2ccc(OCCN3CCCCC3)cc2)cc1.O=C(O)CCC(=O)O. The molecule has 0 aromatic heterocycles. The highest BCUT2D eigenvalue weighted by Crippen LogP contribution is 2.41. The molecule has 1 heterocycles. The van der Waals surface area contributed by atoms with Crippen LogP contribution in [-0.4, -0.2) is 73.1 Å². The van der Waals surface area contributed by atoms with Crippen LogP contribution < -0.4 is 9.47 Å². The molecule has 0 radical (unpaired) electrons. The third kappa shape index (κ3) is 9.95. The summed E-state index contributed by atoms with van der Waals surface area (Å²) < 4.78 is 36.2. The Bertz CT molecular complexity index is 1700. The lowest BCUT2D eigenvalue weighted by atomic mass is 9.99. The Kier molecular flexibility index (Phi) is 11.4. The minimum absolute atomic E-state index is 0.176. The van der Waals surface area contributed by atoms with Gasteiger partial charge in [-0.3, -0.25) is 14.5 Å². The molecule has 1 aliphatic heterocycles. The molecule has 45 heavy (non-hydrogen) atoms. The van der Waals surface area contributed by atoms with E-state index in [0.29, 0.717) is 18.1 Å². The summed E-state index contributed by atoms with van der Waals surface area (Å²) in [7, 11) is -3.29. The Morgan fingerprint density at radius 3 is 2.02 bits per heavy atom. The van der Waals surface area contributed by atoms with Crippen molar-refractivity contribution in [3.63, 3.8) is 0 Å². The molecule has 0 atom stereocenters. The molecule has 238 valence electrons. The van der Waals surface area contributed by atoms with Gasteiger partial charge in [0.2, 0.25) is 0 Å². The molecule has 11 heteroatoms. The fourth-order valence-corrected chi connectivity index (χ4v) is 5.55. The smallest absolute Gasteiger partial charge is 0.303 e. The number of aliphatic carboxylic acids is 2. The van der Waals surface area contributed by atoms with Crippen molar-refractivity contribution in [2.24, 2.45) is 0 Å². The minimum Gasteiger partial charge on any atom is -0.508 e. The van der Waals surface area contributed by atoms with E-state index >= 15 is 0 Å². The summed E-state index contributed by atoms with van der Waals surface area (Å²) in [6, 6.07) is 23.3. The Hall–Kier alpha value is -4.61. The van der Waals surface area contributed by atoms with Gasteiger partial charge in [0.1, 0.15) is 29.6 Å². The number of carbonyl (C=O) groups is 2. The molecule has 5 rings (SSSR count). The van der Waals surface area contributed by atoms with E-state index in [-0.39, 0.29) is 23.5 Å². The van der Waals surface area contributed by atoms with Crippen LogP contribution in [0.25, 0.3) is 21.9 Å². The second-order valence-corrected chi connectivity index (χ2v) is 12.8. The third-order valence-corrected chi connectivity index (χ3v) is 8.40. The van der Waals surface area contributed by atoms with Crippen LogP contribution >= 0.6 is 0 Å². The van der Waals surface area contributed by atoms with Crippen LogP contribution in [0.5, 0.6) is 23.0 Å². The Morgan fingerprint density at radius 2 is 1.42 bits per heavy atom. The number of rotatable bonds is 11. The van der Waals surface area contributed by atoms with Crippen molar-refractivity contribution >= 4 is 32.5 Å². The van der Waals surface area contributed by atoms with Crippen molar-refractivity contribution in [3.05, 3.63) is 78.9 Å². The number of fused-ring (bicyclic) bond motifs is 1. The van der Waals surface area contributed by atoms with Crippen LogP contribution in [0.2, 0.25) is 0 Å². The number of sulfone groups is 1. The zero-order valence-corrected chi connectivity index (χ0v) is 25.8. The van der Waals surface area contributed by atoms with Gasteiger partial charge < -0.3 is 24.8 Å². The predicted molar refractivity (Wildman–Crippen MR) is 171 cm³/mol. The lowest BCUT2D eigenvalue weighted by Gasteiger charge is -2.26. The van der Waals surface area contributed by atoms with E-state index in [0.717, 1.165) is 47.3 Å². The maximum Gasteiger partial charge on any atom is 0.303 e. The van der Waals surface area contributed by atoms with Gasteiger partial charge in [-0.1, -0.05) is 24.6 Å². The third-order valence-electron chi connectivity index (χ3n) is 7.27. The van der Waals surface area contributed by atoms with Crippen LogP contribution in [0, 0.1) is 0 Å². The molecular weight excluding hydrogens is 598 g/mol. The highest BCUT2D eigenvalue weighted by molar-refractivity contribution is 7.90. The summed E-state index contributed by atoms with van der Waals surface area (Å²) in [5.74, 6) is 0.0969. The number of likely N-dealkylation sites (tertiary alicyclic amines) is 1. The zero-order chi connectivity index (χ0) is 32.4. The first kappa shape index (κ1) is 33.3. The predicted octanol–water partition coefficient (Wildman–Crippen LogP) is 6.21. The number of phenolic OH excluding ortho intramolecular Hbond substituents is 1. The number of hydrogen-bond donors (Lipinski definition) is 3. The molecular formula is C34H37NO9S. The molecule has 0 saturated carbocycles. The van der Waals surface area contributed by atoms with Gasteiger partial charge in [0, 0.05) is 23.8 Å². The molecule has 1 saturated heterocycles. The van der Waals surface area contributed by atoms with Crippen molar-refractivity contribution in [3.8, 4) is 34.1 Å². The van der Waals surface area contributed by atoms with Gasteiger partial charge in [-0.05, 0) is 97.5 Å². The van der Waals surface area contributed by atoms with Crippen LogP contribution in [0.4, 0.5) is 0 Å². The average molecular weight is 636 g/mol.